The van der Waals surface area contributed by atoms with E-state index < -0.39 is 11.7 Å². The van der Waals surface area contributed by atoms with Gasteiger partial charge in [0.1, 0.15) is 5.70 Å². The van der Waals surface area contributed by atoms with Gasteiger partial charge in [0.15, 0.2) is 5.78 Å². The highest BCUT2D eigenvalue weighted by Crippen LogP contribution is 2.09. The summed E-state index contributed by atoms with van der Waals surface area (Å²) in [4.78, 5) is 22.2. The van der Waals surface area contributed by atoms with E-state index in [9.17, 15) is 9.59 Å². The molecule has 4 nitrogen and oxygen atoms in total. The lowest BCUT2D eigenvalue weighted by Gasteiger charge is -2.02. The maximum absolute atomic E-state index is 11.7. The van der Waals surface area contributed by atoms with Crippen LogP contribution >= 0.6 is 0 Å². The number of carboxylic acids is 1. The Morgan fingerprint density at radius 3 is 2.20 bits per heavy atom. The van der Waals surface area contributed by atoms with E-state index in [0.717, 1.165) is 0 Å². The van der Waals surface area contributed by atoms with Crippen LogP contribution < -0.4 is 5.73 Å². The largest absolute Gasteiger partial charge is 0.477 e. The molecule has 0 unspecified atom stereocenters. The summed E-state index contributed by atoms with van der Waals surface area (Å²) in [7, 11) is 0. The van der Waals surface area contributed by atoms with Crippen LogP contribution in [0.2, 0.25) is 0 Å². The van der Waals surface area contributed by atoms with Crippen LogP contribution in [-0.4, -0.2) is 16.9 Å². The summed E-state index contributed by atoms with van der Waals surface area (Å²) in [6.07, 6.45) is 0. The Labute approximate surface area is 87.0 Å². The molecule has 15 heavy (non-hydrogen) atoms. The molecule has 0 aliphatic rings. The van der Waals surface area contributed by atoms with Crippen molar-refractivity contribution in [1.29, 1.82) is 0 Å². The van der Waals surface area contributed by atoms with E-state index in [1.165, 1.54) is 6.92 Å². The number of carboxylic acid groups (broad SMARTS) is 1. The smallest absolute Gasteiger partial charge is 0.352 e. The number of Topliss-reactive ketones (excluding diaryl/α,β-unsaturated/α-hetero) is 1. The molecule has 1 aromatic rings. The van der Waals surface area contributed by atoms with E-state index in [2.05, 4.69) is 0 Å². The predicted molar refractivity (Wildman–Crippen MR) is 55.3 cm³/mol. The Kier molecular flexibility index (Phi) is 3.23. The molecule has 0 saturated carbocycles. The Morgan fingerprint density at radius 1 is 1.20 bits per heavy atom. The first-order valence-corrected chi connectivity index (χ1v) is 4.33. The molecule has 0 atom stereocenters. The quantitative estimate of drug-likeness (QED) is 0.573. The molecule has 3 N–H and O–H groups in total. The van der Waals surface area contributed by atoms with Gasteiger partial charge >= 0.3 is 5.97 Å². The summed E-state index contributed by atoms with van der Waals surface area (Å²) in [5.74, 6) is -1.65. The van der Waals surface area contributed by atoms with Crippen molar-refractivity contribution in [2.45, 2.75) is 6.92 Å². The van der Waals surface area contributed by atoms with Crippen LogP contribution in [0.3, 0.4) is 0 Å². The first-order valence-electron chi connectivity index (χ1n) is 4.33. The van der Waals surface area contributed by atoms with Gasteiger partial charge in [0.25, 0.3) is 0 Å². The van der Waals surface area contributed by atoms with Gasteiger partial charge in [0.2, 0.25) is 0 Å². The van der Waals surface area contributed by atoms with Gasteiger partial charge in [0.05, 0.1) is 0 Å². The van der Waals surface area contributed by atoms with Crippen LogP contribution in [0, 0.1) is 0 Å². The standard InChI is InChI=1S/C11H11NO3/c1-7(9(12)11(14)15)10(13)8-5-3-2-4-6-8/h2-6H,12H2,1H3,(H,14,15). The molecule has 0 bridgehead atoms. The van der Waals surface area contributed by atoms with Crippen molar-refractivity contribution in [2.75, 3.05) is 0 Å². The number of carbonyl (C=O) groups is 2. The summed E-state index contributed by atoms with van der Waals surface area (Å²) < 4.78 is 0. The summed E-state index contributed by atoms with van der Waals surface area (Å²) in [6.45, 7) is 1.40. The van der Waals surface area contributed by atoms with E-state index in [4.69, 9.17) is 10.8 Å². The zero-order valence-corrected chi connectivity index (χ0v) is 8.23. The summed E-state index contributed by atoms with van der Waals surface area (Å²) in [5.41, 5.74) is 5.32. The number of hydrogen-bond acceptors (Lipinski definition) is 3. The number of ketones is 1. The minimum atomic E-state index is -1.28. The molecule has 0 heterocycles. The van der Waals surface area contributed by atoms with Gasteiger partial charge in [-0.15, -0.1) is 0 Å². The molecule has 0 radical (unpaired) electrons. The summed E-state index contributed by atoms with van der Waals surface area (Å²) in [5, 5.41) is 8.61. The average Bonchev–Trinajstić information content (AvgIpc) is 2.27. The number of carbonyl (C=O) groups excluding carboxylic acids is 1. The predicted octanol–water partition coefficient (Wildman–Crippen LogP) is 1.19. The highest BCUT2D eigenvalue weighted by atomic mass is 16.4. The topological polar surface area (TPSA) is 80.4 Å². The van der Waals surface area contributed by atoms with Crippen LogP contribution in [0.5, 0.6) is 0 Å². The zero-order chi connectivity index (χ0) is 11.4. The zero-order valence-electron chi connectivity index (χ0n) is 8.23. The Morgan fingerprint density at radius 2 is 1.73 bits per heavy atom. The van der Waals surface area contributed by atoms with Crippen molar-refractivity contribution in [3.05, 3.63) is 47.2 Å². The van der Waals surface area contributed by atoms with Crippen molar-refractivity contribution in [1.82, 2.24) is 0 Å². The fraction of sp³-hybridized carbons (Fsp3) is 0.0909. The number of rotatable bonds is 3. The van der Waals surface area contributed by atoms with Crippen molar-refractivity contribution < 1.29 is 14.7 Å². The van der Waals surface area contributed by atoms with Gasteiger partial charge in [-0.3, -0.25) is 4.79 Å². The van der Waals surface area contributed by atoms with Crippen LogP contribution in [0.4, 0.5) is 0 Å². The van der Waals surface area contributed by atoms with Gasteiger partial charge in [-0.2, -0.15) is 0 Å². The minimum Gasteiger partial charge on any atom is -0.477 e. The molecule has 0 amide bonds. The molecule has 0 fully saturated rings. The lowest BCUT2D eigenvalue weighted by Crippen LogP contribution is -2.16. The molecule has 1 aromatic carbocycles. The van der Waals surface area contributed by atoms with E-state index in [1.54, 1.807) is 30.3 Å². The van der Waals surface area contributed by atoms with Crippen LogP contribution in [0.15, 0.2) is 41.6 Å². The lowest BCUT2D eigenvalue weighted by atomic mass is 10.0. The number of nitrogens with two attached hydrogens (primary N) is 1. The first-order chi connectivity index (χ1) is 7.04. The molecule has 0 aliphatic heterocycles. The second kappa shape index (κ2) is 4.41. The van der Waals surface area contributed by atoms with Crippen molar-refractivity contribution in [3.63, 3.8) is 0 Å². The highest BCUT2D eigenvalue weighted by molar-refractivity contribution is 6.11. The number of benzene rings is 1. The second-order valence-corrected chi connectivity index (χ2v) is 3.04. The Balaban J connectivity index is 3.07. The second-order valence-electron chi connectivity index (χ2n) is 3.04. The minimum absolute atomic E-state index is 0.0497. The molecular weight excluding hydrogens is 194 g/mol. The molecule has 0 spiro atoms. The maximum atomic E-state index is 11.7. The molecular formula is C11H11NO3. The molecule has 0 aliphatic carbocycles. The van der Waals surface area contributed by atoms with Gasteiger partial charge in [-0.1, -0.05) is 30.3 Å². The van der Waals surface area contributed by atoms with Gasteiger partial charge < -0.3 is 10.8 Å². The maximum Gasteiger partial charge on any atom is 0.352 e. The van der Waals surface area contributed by atoms with Crippen molar-refractivity contribution in [3.8, 4) is 0 Å². The Hall–Kier alpha value is -2.10. The number of hydrogen-bond donors (Lipinski definition) is 2. The van der Waals surface area contributed by atoms with E-state index in [-0.39, 0.29) is 11.4 Å². The van der Waals surface area contributed by atoms with E-state index in [1.807, 2.05) is 0 Å². The third-order valence-electron chi connectivity index (χ3n) is 2.01. The van der Waals surface area contributed by atoms with Crippen LogP contribution in [0.25, 0.3) is 0 Å². The number of allylic oxidation sites excluding steroid dienone is 1. The third kappa shape index (κ3) is 2.43. The van der Waals surface area contributed by atoms with Crippen LogP contribution in [0.1, 0.15) is 17.3 Å². The molecule has 78 valence electrons. The van der Waals surface area contributed by atoms with Gasteiger partial charge in [-0.25, -0.2) is 4.79 Å². The van der Waals surface area contributed by atoms with Crippen molar-refractivity contribution >= 4 is 11.8 Å². The van der Waals surface area contributed by atoms with E-state index >= 15 is 0 Å². The van der Waals surface area contributed by atoms with Crippen LogP contribution in [-0.2, 0) is 4.79 Å². The fourth-order valence-corrected chi connectivity index (χ4v) is 1.09. The van der Waals surface area contributed by atoms with Crippen molar-refractivity contribution in [2.24, 2.45) is 5.73 Å². The molecule has 0 saturated heterocycles. The SMILES string of the molecule is CC(C(=O)c1ccccc1)=C(N)C(=O)O. The van der Waals surface area contributed by atoms with E-state index in [0.29, 0.717) is 5.56 Å². The lowest BCUT2D eigenvalue weighted by molar-refractivity contribution is -0.132. The summed E-state index contributed by atoms with van der Waals surface area (Å²) >= 11 is 0. The normalized spacial score (nSPS) is 11.8. The Bertz CT molecular complexity index is 421. The highest BCUT2D eigenvalue weighted by Gasteiger charge is 2.14. The third-order valence-corrected chi connectivity index (χ3v) is 2.01. The number of aliphatic carboxylic acids is 1. The fourth-order valence-electron chi connectivity index (χ4n) is 1.09. The molecule has 4 heteroatoms. The first kappa shape index (κ1) is 11.0. The van der Waals surface area contributed by atoms with Gasteiger partial charge in [0, 0.05) is 11.1 Å². The average molecular weight is 205 g/mol. The molecule has 0 aromatic heterocycles. The molecule has 1 rings (SSSR count). The summed E-state index contributed by atoms with van der Waals surface area (Å²) in [6, 6.07) is 8.41. The van der Waals surface area contributed by atoms with Gasteiger partial charge in [-0.05, 0) is 6.92 Å². The monoisotopic (exact) mass is 205 g/mol.